The summed E-state index contributed by atoms with van der Waals surface area (Å²) < 4.78 is 6.35. The molecule has 0 spiro atoms. The predicted octanol–water partition coefficient (Wildman–Crippen LogP) is 6.74. The Balaban J connectivity index is 1.40. The van der Waals surface area contributed by atoms with Gasteiger partial charge in [-0.25, -0.2) is 4.79 Å². The van der Waals surface area contributed by atoms with Gasteiger partial charge in [-0.15, -0.1) is 0 Å². The Bertz CT molecular complexity index is 1540. The number of halogens is 1. The van der Waals surface area contributed by atoms with Crippen molar-refractivity contribution in [2.24, 2.45) is 0 Å². The monoisotopic (exact) mass is 584 g/mol. The number of hydrogen-bond acceptors (Lipinski definition) is 4. The van der Waals surface area contributed by atoms with E-state index in [0.29, 0.717) is 5.56 Å². The van der Waals surface area contributed by atoms with Crippen LogP contribution in [0, 0.1) is 6.92 Å². The molecule has 0 bridgehead atoms. The summed E-state index contributed by atoms with van der Waals surface area (Å²) in [7, 11) is 3.49. The highest BCUT2D eigenvalue weighted by Crippen LogP contribution is 2.41. The minimum atomic E-state index is -0.914. The predicted molar refractivity (Wildman–Crippen MR) is 168 cm³/mol. The first-order valence-corrected chi connectivity index (χ1v) is 14.8. The number of likely N-dealkylation sites (tertiary alicyclic amines) is 1. The lowest BCUT2D eigenvalue weighted by atomic mass is 9.87. The molecule has 0 unspecified atom stereocenters. The van der Waals surface area contributed by atoms with E-state index in [1.165, 1.54) is 5.57 Å². The maximum absolute atomic E-state index is 11.8. The van der Waals surface area contributed by atoms with E-state index in [2.05, 4.69) is 29.2 Å². The van der Waals surface area contributed by atoms with Gasteiger partial charge in [-0.1, -0.05) is 48.0 Å². The highest BCUT2D eigenvalue weighted by Gasteiger charge is 2.24. The Morgan fingerprint density at radius 1 is 1.05 bits per heavy atom. The second-order valence-electron chi connectivity index (χ2n) is 11.3. The molecule has 42 heavy (non-hydrogen) atoms. The molecule has 3 aromatic carbocycles. The summed E-state index contributed by atoms with van der Waals surface area (Å²) >= 11 is 6.56. The van der Waals surface area contributed by atoms with Gasteiger partial charge in [0.1, 0.15) is 11.9 Å². The topological polar surface area (TPSA) is 70.1 Å². The lowest BCUT2D eigenvalue weighted by molar-refractivity contribution is -0.123. The Morgan fingerprint density at radius 2 is 1.81 bits per heavy atom. The first-order valence-electron chi connectivity index (χ1n) is 14.4. The average molecular weight is 585 g/mol. The molecule has 5 rings (SSSR count). The van der Waals surface area contributed by atoms with E-state index in [4.69, 9.17) is 16.3 Å². The number of carboxylic acid groups (broad SMARTS) is 1. The third kappa shape index (κ3) is 6.77. The largest absolute Gasteiger partial charge is 0.489 e. The number of rotatable bonds is 8. The fourth-order valence-electron chi connectivity index (χ4n) is 5.72. The van der Waals surface area contributed by atoms with E-state index < -0.39 is 5.97 Å². The summed E-state index contributed by atoms with van der Waals surface area (Å²) in [6.07, 6.45) is 7.13. The molecule has 7 heteroatoms. The molecule has 0 saturated carbocycles. The summed E-state index contributed by atoms with van der Waals surface area (Å²) in [5, 5.41) is 10.3. The van der Waals surface area contributed by atoms with Crippen molar-refractivity contribution in [2.45, 2.75) is 38.7 Å². The molecule has 1 aliphatic heterocycles. The zero-order valence-electron chi connectivity index (χ0n) is 24.4. The number of amides is 1. The molecule has 218 valence electrons. The normalized spacial score (nSPS) is 17.3. The number of aryl methyl sites for hydroxylation is 2. The number of aromatic carboxylic acids is 1. The van der Waals surface area contributed by atoms with Gasteiger partial charge in [-0.05, 0) is 102 Å². The van der Waals surface area contributed by atoms with E-state index in [-0.39, 0.29) is 12.0 Å². The van der Waals surface area contributed by atoms with Gasteiger partial charge in [-0.2, -0.15) is 0 Å². The van der Waals surface area contributed by atoms with Crippen LogP contribution in [-0.2, 0) is 11.2 Å². The molecule has 2 aliphatic rings. The van der Waals surface area contributed by atoms with Crippen LogP contribution in [-0.4, -0.2) is 66.6 Å². The molecular formula is C35H37ClN2O4. The first kappa shape index (κ1) is 29.6. The van der Waals surface area contributed by atoms with E-state index in [1.54, 1.807) is 31.1 Å². The van der Waals surface area contributed by atoms with Crippen LogP contribution in [0.25, 0.3) is 11.1 Å². The Labute approximate surface area is 252 Å². The van der Waals surface area contributed by atoms with E-state index in [9.17, 15) is 14.7 Å². The molecule has 1 amide bonds. The van der Waals surface area contributed by atoms with Crippen molar-refractivity contribution in [1.82, 2.24) is 9.80 Å². The molecule has 0 aromatic heterocycles. The van der Waals surface area contributed by atoms with Crippen molar-refractivity contribution in [1.29, 1.82) is 0 Å². The van der Waals surface area contributed by atoms with Crippen LogP contribution in [0.15, 0.2) is 72.8 Å². The molecule has 1 aliphatic carbocycles. The maximum Gasteiger partial charge on any atom is 0.335 e. The lowest BCUT2D eigenvalue weighted by Crippen LogP contribution is -2.25. The van der Waals surface area contributed by atoms with Crippen LogP contribution in [0.1, 0.15) is 57.4 Å². The summed E-state index contributed by atoms with van der Waals surface area (Å²) in [6, 6.07) is 19.9. The fraction of sp³-hybridized carbons (Fsp3) is 0.314. The van der Waals surface area contributed by atoms with Crippen LogP contribution in [0.3, 0.4) is 0 Å². The number of allylic oxidation sites excluding steroid dienone is 1. The van der Waals surface area contributed by atoms with Crippen molar-refractivity contribution >= 4 is 34.6 Å². The standard InChI is InChI=1S/C35H37ClN2O4/c1-23-9-10-26(21-32(23)36)30-7-4-6-25-20-27(35(40)41)13-16-31(25)34(30)24-11-14-28(15-12-24)42-29-17-19-38(22-29)18-5-8-33(39)37(2)3/h5,8-16,20-21,29H,4,6-7,17-19,22H2,1-3H3,(H,40,41)/t29-/m0/s1. The Morgan fingerprint density at radius 3 is 2.52 bits per heavy atom. The molecule has 3 aromatic rings. The minimum absolute atomic E-state index is 0.00977. The second-order valence-corrected chi connectivity index (χ2v) is 11.7. The van der Waals surface area contributed by atoms with Crippen molar-refractivity contribution in [3.05, 3.63) is 111 Å². The van der Waals surface area contributed by atoms with Crippen LogP contribution in [0.5, 0.6) is 5.75 Å². The molecule has 1 heterocycles. The average Bonchev–Trinajstić information content (AvgIpc) is 3.32. The molecule has 1 N–H and O–H groups in total. The summed E-state index contributed by atoms with van der Waals surface area (Å²) in [5.74, 6) is -0.104. The number of ether oxygens (including phenoxy) is 1. The lowest BCUT2D eigenvalue weighted by Gasteiger charge is -2.19. The highest BCUT2D eigenvalue weighted by molar-refractivity contribution is 6.31. The summed E-state index contributed by atoms with van der Waals surface area (Å²) in [4.78, 5) is 27.4. The number of carbonyl (C=O) groups excluding carboxylic acids is 1. The number of benzene rings is 3. The van der Waals surface area contributed by atoms with Crippen molar-refractivity contribution in [3.63, 3.8) is 0 Å². The highest BCUT2D eigenvalue weighted by atomic mass is 35.5. The molecule has 0 radical (unpaired) electrons. The fourth-order valence-corrected chi connectivity index (χ4v) is 5.90. The molecule has 1 atom stereocenters. The molecule has 1 saturated heterocycles. The third-order valence-electron chi connectivity index (χ3n) is 8.06. The van der Waals surface area contributed by atoms with Gasteiger partial charge in [0.2, 0.25) is 5.91 Å². The smallest absolute Gasteiger partial charge is 0.335 e. The van der Waals surface area contributed by atoms with Crippen LogP contribution >= 0.6 is 11.6 Å². The Kier molecular flexibility index (Phi) is 9.15. The van der Waals surface area contributed by atoms with Gasteiger partial charge in [0.15, 0.2) is 0 Å². The van der Waals surface area contributed by atoms with Crippen LogP contribution in [0.2, 0.25) is 5.02 Å². The first-order chi connectivity index (χ1) is 20.2. The number of likely N-dealkylation sites (N-methyl/N-ethyl adjacent to an activating group) is 1. The Hall–Kier alpha value is -3.87. The van der Waals surface area contributed by atoms with Crippen LogP contribution in [0.4, 0.5) is 0 Å². The molecule has 6 nitrogen and oxygen atoms in total. The van der Waals surface area contributed by atoms with E-state index >= 15 is 0 Å². The number of hydrogen-bond donors (Lipinski definition) is 1. The van der Waals surface area contributed by atoms with Crippen LogP contribution < -0.4 is 4.74 Å². The van der Waals surface area contributed by atoms with Crippen molar-refractivity contribution in [3.8, 4) is 5.75 Å². The van der Waals surface area contributed by atoms with Gasteiger partial charge in [0.05, 0.1) is 5.56 Å². The molecule has 1 fully saturated rings. The maximum atomic E-state index is 11.8. The van der Waals surface area contributed by atoms with E-state index in [0.717, 1.165) is 89.5 Å². The third-order valence-corrected chi connectivity index (χ3v) is 8.46. The number of carbonyl (C=O) groups is 2. The van der Waals surface area contributed by atoms with Gasteiger partial charge >= 0.3 is 5.97 Å². The van der Waals surface area contributed by atoms with Gasteiger partial charge in [0, 0.05) is 44.8 Å². The quantitative estimate of drug-likeness (QED) is 0.297. The SMILES string of the molecule is Cc1ccc(C2=C(c3ccc(O[C@H]4CCN(CC=CC(=O)N(C)C)C4)cc3)c3ccc(C(=O)O)cc3CCC2)cc1Cl. The second kappa shape index (κ2) is 13.0. The van der Waals surface area contributed by atoms with Crippen molar-refractivity contribution < 1.29 is 19.4 Å². The van der Waals surface area contributed by atoms with Gasteiger partial charge < -0.3 is 14.7 Å². The van der Waals surface area contributed by atoms with E-state index in [1.807, 2.05) is 43.3 Å². The van der Waals surface area contributed by atoms with Crippen molar-refractivity contribution in [2.75, 3.05) is 33.7 Å². The zero-order valence-corrected chi connectivity index (χ0v) is 25.2. The minimum Gasteiger partial charge on any atom is -0.489 e. The number of nitrogens with zero attached hydrogens (tertiary/aromatic N) is 2. The summed E-state index contributed by atoms with van der Waals surface area (Å²) in [5.41, 5.74) is 7.91. The number of carboxylic acids is 1. The van der Waals surface area contributed by atoms with Gasteiger partial charge in [0.25, 0.3) is 0 Å². The van der Waals surface area contributed by atoms with Gasteiger partial charge in [-0.3, -0.25) is 9.69 Å². The zero-order chi connectivity index (χ0) is 29.8. The number of fused-ring (bicyclic) bond motifs is 1. The summed E-state index contributed by atoms with van der Waals surface area (Å²) in [6.45, 7) is 4.46. The molecular weight excluding hydrogens is 548 g/mol.